The average molecular weight is 255 g/mol. The van der Waals surface area contributed by atoms with Gasteiger partial charge in [0.15, 0.2) is 0 Å². The zero-order valence-corrected chi connectivity index (χ0v) is 11.8. The lowest BCUT2D eigenvalue weighted by molar-refractivity contribution is 0.0295. The number of nitrogens with one attached hydrogen (secondary N) is 1. The maximum Gasteiger partial charge on any atom is 0.407 e. The predicted molar refractivity (Wildman–Crippen MR) is 71.4 cm³/mol. The highest BCUT2D eigenvalue weighted by molar-refractivity contribution is 5.68. The lowest BCUT2D eigenvalue weighted by atomic mass is 9.82. The minimum absolute atomic E-state index is 0.102. The first-order valence-electron chi connectivity index (χ1n) is 6.60. The van der Waals surface area contributed by atoms with Crippen molar-refractivity contribution in [1.82, 2.24) is 5.32 Å². The van der Waals surface area contributed by atoms with Gasteiger partial charge >= 0.3 is 6.09 Å². The van der Waals surface area contributed by atoms with Crippen molar-refractivity contribution in [1.29, 1.82) is 0 Å². The summed E-state index contributed by atoms with van der Waals surface area (Å²) in [6.45, 7) is 7.44. The van der Waals surface area contributed by atoms with Gasteiger partial charge in [-0.3, -0.25) is 0 Å². The molecule has 0 aromatic heterocycles. The molecule has 1 rings (SSSR count). The first-order chi connectivity index (χ1) is 8.24. The van der Waals surface area contributed by atoms with Crippen molar-refractivity contribution in [3.05, 3.63) is 12.2 Å². The van der Waals surface area contributed by atoms with E-state index in [1.54, 1.807) is 0 Å². The molecule has 0 aromatic rings. The van der Waals surface area contributed by atoms with Gasteiger partial charge in [-0.15, -0.1) is 0 Å². The van der Waals surface area contributed by atoms with Gasteiger partial charge in [0.1, 0.15) is 5.60 Å². The Morgan fingerprint density at radius 3 is 2.39 bits per heavy atom. The molecule has 0 aromatic carbocycles. The molecule has 0 bridgehead atoms. The maximum atomic E-state index is 11.6. The van der Waals surface area contributed by atoms with E-state index < -0.39 is 11.2 Å². The highest BCUT2D eigenvalue weighted by atomic mass is 16.6. The smallest absolute Gasteiger partial charge is 0.407 e. The second-order valence-corrected chi connectivity index (χ2v) is 6.02. The average Bonchev–Trinajstić information content (AvgIpc) is 2.19. The number of carbonyl (C=O) groups excluding carboxylic acids is 1. The molecule has 1 aliphatic carbocycles. The highest BCUT2D eigenvalue weighted by Gasteiger charge is 2.31. The van der Waals surface area contributed by atoms with Crippen molar-refractivity contribution >= 4 is 6.09 Å². The summed E-state index contributed by atoms with van der Waals surface area (Å²) in [6, 6.07) is 0.102. The lowest BCUT2D eigenvalue weighted by Crippen LogP contribution is -2.44. The molecular weight excluding hydrogens is 230 g/mol. The van der Waals surface area contributed by atoms with Gasteiger partial charge in [-0.05, 0) is 53.4 Å². The third-order valence-corrected chi connectivity index (χ3v) is 3.05. The second-order valence-electron chi connectivity index (χ2n) is 6.02. The minimum Gasteiger partial charge on any atom is -0.444 e. The third-order valence-electron chi connectivity index (χ3n) is 3.05. The monoisotopic (exact) mass is 255 g/mol. The Morgan fingerprint density at radius 1 is 1.39 bits per heavy atom. The largest absolute Gasteiger partial charge is 0.444 e. The Morgan fingerprint density at radius 2 is 1.94 bits per heavy atom. The fourth-order valence-electron chi connectivity index (χ4n) is 2.21. The molecule has 18 heavy (non-hydrogen) atoms. The van der Waals surface area contributed by atoms with Crippen LogP contribution < -0.4 is 5.32 Å². The van der Waals surface area contributed by atoms with Crippen LogP contribution >= 0.6 is 0 Å². The van der Waals surface area contributed by atoms with E-state index >= 15 is 0 Å². The zero-order chi connectivity index (χ0) is 13.8. The summed E-state index contributed by atoms with van der Waals surface area (Å²) in [4.78, 5) is 11.6. The van der Waals surface area contributed by atoms with Gasteiger partial charge in [-0.25, -0.2) is 4.79 Å². The zero-order valence-electron chi connectivity index (χ0n) is 11.8. The Balaban J connectivity index is 2.38. The molecule has 0 saturated heterocycles. The SMILES string of the molecule is C/C=C/C1(O)CCC(NC(=O)OC(C)(C)C)CC1. The van der Waals surface area contributed by atoms with Crippen molar-refractivity contribution in [2.45, 2.75) is 70.6 Å². The number of carbonyl (C=O) groups is 1. The van der Waals surface area contributed by atoms with Crippen LogP contribution in [0.15, 0.2) is 12.2 Å². The van der Waals surface area contributed by atoms with Gasteiger partial charge in [0, 0.05) is 6.04 Å². The first-order valence-corrected chi connectivity index (χ1v) is 6.60. The summed E-state index contributed by atoms with van der Waals surface area (Å²) in [5.41, 5.74) is -1.16. The van der Waals surface area contributed by atoms with Crippen molar-refractivity contribution in [3.8, 4) is 0 Å². The summed E-state index contributed by atoms with van der Waals surface area (Å²) in [7, 11) is 0. The van der Waals surface area contributed by atoms with E-state index in [1.165, 1.54) is 0 Å². The van der Waals surface area contributed by atoms with Gasteiger partial charge in [0.05, 0.1) is 5.60 Å². The molecule has 4 nitrogen and oxygen atoms in total. The summed E-state index contributed by atoms with van der Waals surface area (Å²) in [5, 5.41) is 13.0. The van der Waals surface area contributed by atoms with Crippen LogP contribution in [0, 0.1) is 0 Å². The number of alkyl carbamates (subject to hydrolysis) is 1. The van der Waals surface area contributed by atoms with Gasteiger partial charge in [0.2, 0.25) is 0 Å². The minimum atomic E-state index is -0.694. The van der Waals surface area contributed by atoms with E-state index in [0.717, 1.165) is 12.8 Å². The summed E-state index contributed by atoms with van der Waals surface area (Å²) in [5.74, 6) is 0. The quantitative estimate of drug-likeness (QED) is 0.746. The standard InChI is InChI=1S/C14H25NO3/c1-5-8-14(17)9-6-11(7-10-14)15-12(16)18-13(2,3)4/h5,8,11,17H,6-7,9-10H2,1-4H3,(H,15,16)/b8-5+. The number of allylic oxidation sites excluding steroid dienone is 1. The number of amides is 1. The molecule has 1 amide bonds. The van der Waals surface area contributed by atoms with E-state index in [-0.39, 0.29) is 12.1 Å². The number of hydrogen-bond donors (Lipinski definition) is 2. The van der Waals surface area contributed by atoms with E-state index in [0.29, 0.717) is 12.8 Å². The normalized spacial score (nSPS) is 29.3. The fraction of sp³-hybridized carbons (Fsp3) is 0.786. The molecule has 0 heterocycles. The molecule has 1 saturated carbocycles. The molecule has 4 heteroatoms. The summed E-state index contributed by atoms with van der Waals surface area (Å²) >= 11 is 0. The Labute approximate surface area is 109 Å². The van der Waals surface area contributed by atoms with Crippen molar-refractivity contribution in [2.24, 2.45) is 0 Å². The van der Waals surface area contributed by atoms with E-state index in [2.05, 4.69) is 5.32 Å². The van der Waals surface area contributed by atoms with Crippen LogP contribution in [0.3, 0.4) is 0 Å². The van der Waals surface area contributed by atoms with Crippen molar-refractivity contribution in [2.75, 3.05) is 0 Å². The number of ether oxygens (including phenoxy) is 1. The summed E-state index contributed by atoms with van der Waals surface area (Å²) < 4.78 is 5.21. The lowest BCUT2D eigenvalue weighted by Gasteiger charge is -2.34. The second kappa shape index (κ2) is 5.74. The van der Waals surface area contributed by atoms with Gasteiger partial charge in [-0.2, -0.15) is 0 Å². The molecule has 0 spiro atoms. The Kier molecular flexibility index (Phi) is 4.79. The molecule has 2 N–H and O–H groups in total. The molecule has 0 radical (unpaired) electrons. The van der Waals surface area contributed by atoms with Crippen LogP contribution in [0.4, 0.5) is 4.79 Å². The van der Waals surface area contributed by atoms with Crippen LogP contribution in [0.25, 0.3) is 0 Å². The van der Waals surface area contributed by atoms with Gasteiger partial charge in [0.25, 0.3) is 0 Å². The predicted octanol–water partition coefficient (Wildman–Crippen LogP) is 2.76. The van der Waals surface area contributed by atoms with Crippen LogP contribution in [-0.2, 0) is 4.74 Å². The summed E-state index contributed by atoms with van der Waals surface area (Å²) in [6.07, 6.45) is 6.26. The molecule has 0 unspecified atom stereocenters. The van der Waals surface area contributed by atoms with Gasteiger partial charge < -0.3 is 15.2 Å². The first kappa shape index (κ1) is 15.0. The highest BCUT2D eigenvalue weighted by Crippen LogP contribution is 2.29. The molecule has 1 aliphatic rings. The van der Waals surface area contributed by atoms with E-state index in [1.807, 2.05) is 39.8 Å². The van der Waals surface area contributed by atoms with Crippen LogP contribution in [0.2, 0.25) is 0 Å². The van der Waals surface area contributed by atoms with Gasteiger partial charge in [-0.1, -0.05) is 12.2 Å². The maximum absolute atomic E-state index is 11.6. The molecule has 0 aliphatic heterocycles. The van der Waals surface area contributed by atoms with Crippen LogP contribution in [0.1, 0.15) is 53.4 Å². The number of hydrogen-bond acceptors (Lipinski definition) is 3. The molecular formula is C14H25NO3. The van der Waals surface area contributed by atoms with E-state index in [4.69, 9.17) is 4.74 Å². The van der Waals surface area contributed by atoms with Crippen LogP contribution in [0.5, 0.6) is 0 Å². The Bertz CT molecular complexity index is 309. The number of rotatable bonds is 2. The molecule has 1 fully saturated rings. The van der Waals surface area contributed by atoms with Crippen LogP contribution in [-0.4, -0.2) is 28.4 Å². The fourth-order valence-corrected chi connectivity index (χ4v) is 2.21. The number of aliphatic hydroxyl groups is 1. The molecule has 0 atom stereocenters. The van der Waals surface area contributed by atoms with Crippen molar-refractivity contribution in [3.63, 3.8) is 0 Å². The van der Waals surface area contributed by atoms with E-state index in [9.17, 15) is 9.90 Å². The molecule has 104 valence electrons. The van der Waals surface area contributed by atoms with Crippen molar-refractivity contribution < 1.29 is 14.6 Å². The third kappa shape index (κ3) is 5.08. The Hall–Kier alpha value is -1.03. The topological polar surface area (TPSA) is 58.6 Å².